The van der Waals surface area contributed by atoms with E-state index >= 15 is 0 Å². The van der Waals surface area contributed by atoms with Gasteiger partial charge < -0.3 is 10.5 Å². The lowest BCUT2D eigenvalue weighted by Gasteiger charge is -2.40. The molecular weight excluding hydrogens is 260 g/mol. The maximum atomic E-state index is 13.9. The van der Waals surface area contributed by atoms with Crippen LogP contribution in [-0.2, 0) is 4.74 Å². The van der Waals surface area contributed by atoms with Gasteiger partial charge in [-0.1, -0.05) is 25.0 Å². The van der Waals surface area contributed by atoms with Crippen molar-refractivity contribution in [2.45, 2.75) is 50.2 Å². The van der Waals surface area contributed by atoms with Gasteiger partial charge in [-0.15, -0.1) is 0 Å². The molecule has 1 saturated heterocycles. The standard InChI is InChI=1S/C16H21F2NO/c17-13-5-3-4-12(14(13)18)15(19)11-6-9-20-16(10-11)7-1-2-8-16/h3-5,11,15H,1-2,6-10,19H2. The lowest BCUT2D eigenvalue weighted by Crippen LogP contribution is -2.40. The molecule has 2 atom stereocenters. The number of halogens is 2. The van der Waals surface area contributed by atoms with Crippen LogP contribution < -0.4 is 5.73 Å². The van der Waals surface area contributed by atoms with Gasteiger partial charge in [0.25, 0.3) is 0 Å². The summed E-state index contributed by atoms with van der Waals surface area (Å²) in [5.41, 5.74) is 6.47. The number of nitrogens with two attached hydrogens (primary N) is 1. The lowest BCUT2D eigenvalue weighted by atomic mass is 9.79. The van der Waals surface area contributed by atoms with Crippen molar-refractivity contribution in [2.24, 2.45) is 11.7 Å². The van der Waals surface area contributed by atoms with Crippen LogP contribution in [-0.4, -0.2) is 12.2 Å². The Kier molecular flexibility index (Phi) is 3.78. The zero-order valence-electron chi connectivity index (χ0n) is 11.6. The molecule has 1 spiro atoms. The number of ether oxygens (including phenoxy) is 1. The summed E-state index contributed by atoms with van der Waals surface area (Å²) in [4.78, 5) is 0. The average molecular weight is 281 g/mol. The van der Waals surface area contributed by atoms with Gasteiger partial charge >= 0.3 is 0 Å². The highest BCUT2D eigenvalue weighted by Crippen LogP contribution is 2.45. The molecule has 1 aromatic rings. The zero-order valence-corrected chi connectivity index (χ0v) is 11.6. The molecular formula is C16H21F2NO. The Morgan fingerprint density at radius 3 is 2.75 bits per heavy atom. The van der Waals surface area contributed by atoms with Crippen LogP contribution in [0.1, 0.15) is 50.1 Å². The summed E-state index contributed by atoms with van der Waals surface area (Å²) in [6.07, 6.45) is 6.21. The molecule has 2 fully saturated rings. The monoisotopic (exact) mass is 281 g/mol. The first kappa shape index (κ1) is 14.0. The highest BCUT2D eigenvalue weighted by atomic mass is 19.2. The molecule has 20 heavy (non-hydrogen) atoms. The molecule has 0 bridgehead atoms. The molecule has 1 saturated carbocycles. The Balaban J connectivity index is 1.79. The second-order valence-corrected chi connectivity index (χ2v) is 6.16. The molecule has 110 valence electrons. The minimum atomic E-state index is -0.819. The fraction of sp³-hybridized carbons (Fsp3) is 0.625. The van der Waals surface area contributed by atoms with Crippen LogP contribution in [0.3, 0.4) is 0 Å². The van der Waals surface area contributed by atoms with Crippen molar-refractivity contribution in [3.8, 4) is 0 Å². The second-order valence-electron chi connectivity index (χ2n) is 6.16. The normalized spacial score (nSPS) is 26.9. The highest BCUT2D eigenvalue weighted by molar-refractivity contribution is 5.23. The quantitative estimate of drug-likeness (QED) is 0.897. The van der Waals surface area contributed by atoms with Crippen LogP contribution in [0.15, 0.2) is 18.2 Å². The number of hydrogen-bond donors (Lipinski definition) is 1. The van der Waals surface area contributed by atoms with Crippen molar-refractivity contribution in [1.82, 2.24) is 0 Å². The van der Waals surface area contributed by atoms with Crippen molar-refractivity contribution in [3.63, 3.8) is 0 Å². The van der Waals surface area contributed by atoms with Gasteiger partial charge in [-0.25, -0.2) is 8.78 Å². The molecule has 0 amide bonds. The van der Waals surface area contributed by atoms with Gasteiger partial charge in [0, 0.05) is 18.2 Å². The first-order chi connectivity index (χ1) is 9.61. The Morgan fingerprint density at radius 1 is 1.25 bits per heavy atom. The van der Waals surface area contributed by atoms with Gasteiger partial charge in [0.2, 0.25) is 0 Å². The molecule has 3 rings (SSSR count). The van der Waals surface area contributed by atoms with E-state index in [0.717, 1.165) is 31.7 Å². The molecule has 2 N–H and O–H groups in total. The molecule has 2 nitrogen and oxygen atoms in total. The van der Waals surface area contributed by atoms with Crippen molar-refractivity contribution in [3.05, 3.63) is 35.4 Å². The summed E-state index contributed by atoms with van der Waals surface area (Å²) in [5.74, 6) is -1.45. The zero-order chi connectivity index (χ0) is 14.2. The van der Waals surface area contributed by atoms with E-state index in [9.17, 15) is 8.78 Å². The van der Waals surface area contributed by atoms with E-state index in [1.54, 1.807) is 6.07 Å². The van der Waals surface area contributed by atoms with Crippen molar-refractivity contribution in [1.29, 1.82) is 0 Å². The van der Waals surface area contributed by atoms with Crippen LogP contribution >= 0.6 is 0 Å². The number of hydrogen-bond acceptors (Lipinski definition) is 2. The van der Waals surface area contributed by atoms with Gasteiger partial charge in [-0.3, -0.25) is 0 Å². The van der Waals surface area contributed by atoms with Crippen molar-refractivity contribution in [2.75, 3.05) is 6.61 Å². The molecule has 0 aromatic heterocycles. The Morgan fingerprint density at radius 2 is 2.00 bits per heavy atom. The second kappa shape index (κ2) is 5.41. The third-order valence-electron chi connectivity index (χ3n) is 4.89. The average Bonchev–Trinajstić information content (AvgIpc) is 2.89. The van der Waals surface area contributed by atoms with E-state index in [1.165, 1.54) is 18.9 Å². The lowest BCUT2D eigenvalue weighted by molar-refractivity contribution is -0.0965. The van der Waals surface area contributed by atoms with E-state index in [-0.39, 0.29) is 11.5 Å². The summed E-state index contributed by atoms with van der Waals surface area (Å²) in [5, 5.41) is 0. The molecule has 1 aromatic carbocycles. The van der Waals surface area contributed by atoms with Crippen LogP contribution in [0.5, 0.6) is 0 Å². The van der Waals surface area contributed by atoms with Crippen LogP contribution in [0.2, 0.25) is 0 Å². The molecule has 2 unspecified atom stereocenters. The maximum Gasteiger partial charge on any atom is 0.163 e. The first-order valence-corrected chi connectivity index (χ1v) is 7.45. The van der Waals surface area contributed by atoms with E-state index in [0.29, 0.717) is 12.2 Å². The van der Waals surface area contributed by atoms with Crippen LogP contribution in [0, 0.1) is 17.6 Å². The van der Waals surface area contributed by atoms with Crippen LogP contribution in [0.25, 0.3) is 0 Å². The fourth-order valence-electron chi connectivity index (χ4n) is 3.77. The fourth-order valence-corrected chi connectivity index (χ4v) is 3.77. The van der Waals surface area contributed by atoms with Crippen molar-refractivity contribution >= 4 is 0 Å². The van der Waals surface area contributed by atoms with E-state index in [4.69, 9.17) is 10.5 Å². The summed E-state index contributed by atoms with van der Waals surface area (Å²) in [6, 6.07) is 3.80. The number of rotatable bonds is 2. The van der Waals surface area contributed by atoms with E-state index in [2.05, 4.69) is 0 Å². The molecule has 4 heteroatoms. The number of benzene rings is 1. The Hall–Kier alpha value is -1.00. The summed E-state index contributed by atoms with van der Waals surface area (Å²) in [7, 11) is 0. The largest absolute Gasteiger partial charge is 0.375 e. The summed E-state index contributed by atoms with van der Waals surface area (Å²) >= 11 is 0. The molecule has 1 heterocycles. The van der Waals surface area contributed by atoms with E-state index < -0.39 is 17.7 Å². The van der Waals surface area contributed by atoms with Gasteiger partial charge in [-0.2, -0.15) is 0 Å². The van der Waals surface area contributed by atoms with Gasteiger partial charge in [0.15, 0.2) is 11.6 Å². The summed E-state index contributed by atoms with van der Waals surface area (Å²) < 4.78 is 33.2. The molecule has 2 aliphatic rings. The third-order valence-corrected chi connectivity index (χ3v) is 4.89. The molecule has 0 radical (unpaired) electrons. The molecule has 1 aliphatic carbocycles. The van der Waals surface area contributed by atoms with Gasteiger partial charge in [0.1, 0.15) is 0 Å². The smallest absolute Gasteiger partial charge is 0.163 e. The predicted molar refractivity (Wildman–Crippen MR) is 73.2 cm³/mol. The molecule has 1 aliphatic heterocycles. The Bertz CT molecular complexity index is 485. The Labute approximate surface area is 118 Å². The van der Waals surface area contributed by atoms with Crippen LogP contribution in [0.4, 0.5) is 8.78 Å². The van der Waals surface area contributed by atoms with Crippen molar-refractivity contribution < 1.29 is 13.5 Å². The predicted octanol–water partition coefficient (Wildman–Crippen LogP) is 3.70. The highest BCUT2D eigenvalue weighted by Gasteiger charge is 2.42. The van der Waals surface area contributed by atoms with Gasteiger partial charge in [-0.05, 0) is 37.7 Å². The topological polar surface area (TPSA) is 35.2 Å². The van der Waals surface area contributed by atoms with Gasteiger partial charge in [0.05, 0.1) is 5.60 Å². The SMILES string of the molecule is NC(c1cccc(F)c1F)C1CCOC2(CCCC2)C1. The summed E-state index contributed by atoms with van der Waals surface area (Å²) in [6.45, 7) is 0.676. The van der Waals surface area contributed by atoms with E-state index in [1.807, 2.05) is 0 Å². The maximum absolute atomic E-state index is 13.9. The minimum Gasteiger partial charge on any atom is -0.375 e. The minimum absolute atomic E-state index is 0.0513. The first-order valence-electron chi connectivity index (χ1n) is 7.45. The third kappa shape index (κ3) is 2.47.